The zero-order valence-corrected chi connectivity index (χ0v) is 15.8. The molecule has 4 rings (SSSR count). The van der Waals surface area contributed by atoms with Crippen molar-refractivity contribution in [3.8, 4) is 11.1 Å². The Hall–Kier alpha value is -2.17. The normalized spacial score (nSPS) is 21.2. The maximum absolute atomic E-state index is 13.3. The van der Waals surface area contributed by atoms with Gasteiger partial charge in [0.1, 0.15) is 0 Å². The second-order valence-corrected chi connectivity index (χ2v) is 7.51. The van der Waals surface area contributed by atoms with Gasteiger partial charge in [0.25, 0.3) is 5.91 Å². The average molecular weight is 364 g/mol. The predicted octanol–water partition coefficient (Wildman–Crippen LogP) is 3.68. The topological polar surface area (TPSA) is 32.8 Å². The number of morpholine rings is 1. The van der Waals surface area contributed by atoms with Gasteiger partial charge in [0, 0.05) is 37.8 Å². The minimum atomic E-state index is 0.172. The van der Waals surface area contributed by atoms with Gasteiger partial charge in [-0.05, 0) is 42.5 Å². The second-order valence-electron chi connectivity index (χ2n) is 7.51. The first-order valence-corrected chi connectivity index (χ1v) is 10.1. The van der Waals surface area contributed by atoms with Gasteiger partial charge in [-0.3, -0.25) is 9.69 Å². The van der Waals surface area contributed by atoms with Gasteiger partial charge in [-0.25, -0.2) is 0 Å². The molecule has 4 nitrogen and oxygen atoms in total. The van der Waals surface area contributed by atoms with Crippen LogP contribution in [0.5, 0.6) is 0 Å². The number of nitrogens with zero attached hydrogens (tertiary/aromatic N) is 2. The first-order chi connectivity index (χ1) is 13.3. The van der Waals surface area contributed by atoms with Gasteiger partial charge in [0.05, 0.1) is 13.2 Å². The Balaban J connectivity index is 1.51. The van der Waals surface area contributed by atoms with Gasteiger partial charge in [-0.1, -0.05) is 42.5 Å². The summed E-state index contributed by atoms with van der Waals surface area (Å²) in [5.41, 5.74) is 3.05. The van der Waals surface area contributed by atoms with Crippen LogP contribution in [0.3, 0.4) is 0 Å². The number of carbonyl (C=O) groups excluding carboxylic acids is 1. The Bertz CT molecular complexity index is 756. The molecule has 2 heterocycles. The summed E-state index contributed by atoms with van der Waals surface area (Å²) in [6, 6.07) is 18.6. The third kappa shape index (κ3) is 4.40. The van der Waals surface area contributed by atoms with Crippen molar-refractivity contribution in [3.05, 3.63) is 60.2 Å². The molecule has 0 aromatic heterocycles. The van der Waals surface area contributed by atoms with E-state index in [1.54, 1.807) is 0 Å². The van der Waals surface area contributed by atoms with Crippen molar-refractivity contribution in [3.63, 3.8) is 0 Å². The van der Waals surface area contributed by atoms with Gasteiger partial charge in [-0.15, -0.1) is 0 Å². The van der Waals surface area contributed by atoms with E-state index >= 15 is 0 Å². The number of amides is 1. The quantitative estimate of drug-likeness (QED) is 0.830. The molecular formula is C23H28N2O2. The molecule has 0 bridgehead atoms. The molecule has 27 heavy (non-hydrogen) atoms. The molecule has 2 aliphatic rings. The maximum atomic E-state index is 13.3. The Labute approximate surface area is 161 Å². The van der Waals surface area contributed by atoms with Gasteiger partial charge in [-0.2, -0.15) is 0 Å². The van der Waals surface area contributed by atoms with Crippen LogP contribution in [0.2, 0.25) is 0 Å². The summed E-state index contributed by atoms with van der Waals surface area (Å²) in [5, 5.41) is 0. The molecule has 1 unspecified atom stereocenters. The highest BCUT2D eigenvalue weighted by Gasteiger charge is 2.29. The van der Waals surface area contributed by atoms with Crippen molar-refractivity contribution < 1.29 is 9.53 Å². The maximum Gasteiger partial charge on any atom is 0.254 e. The lowest BCUT2D eigenvalue weighted by Gasteiger charge is -2.39. The molecule has 0 aliphatic carbocycles. The zero-order chi connectivity index (χ0) is 18.5. The van der Waals surface area contributed by atoms with Gasteiger partial charge in [0.15, 0.2) is 0 Å². The molecule has 142 valence electrons. The van der Waals surface area contributed by atoms with Crippen LogP contribution in [0, 0.1) is 0 Å². The molecule has 2 aliphatic heterocycles. The Kier molecular flexibility index (Phi) is 5.85. The molecule has 1 atom stereocenters. The highest BCUT2D eigenvalue weighted by molar-refractivity contribution is 5.95. The standard InChI is InChI=1S/C23H28N2O2/c26-23(21-10-6-9-20(17-21)19-7-2-1-3-8-19)25-12-5-4-11-22(25)18-24-13-15-27-16-14-24/h1-3,6-10,17,22H,4-5,11-16,18H2. The van der Waals surface area contributed by atoms with Crippen molar-refractivity contribution in [2.45, 2.75) is 25.3 Å². The van der Waals surface area contributed by atoms with Crippen molar-refractivity contribution in [2.75, 3.05) is 39.4 Å². The van der Waals surface area contributed by atoms with Crippen LogP contribution in [-0.2, 0) is 4.74 Å². The Morgan fingerprint density at radius 3 is 2.52 bits per heavy atom. The molecule has 4 heteroatoms. The van der Waals surface area contributed by atoms with Crippen LogP contribution in [0.4, 0.5) is 0 Å². The highest BCUT2D eigenvalue weighted by atomic mass is 16.5. The van der Waals surface area contributed by atoms with E-state index in [-0.39, 0.29) is 5.91 Å². The number of hydrogen-bond acceptors (Lipinski definition) is 3. The van der Waals surface area contributed by atoms with E-state index in [1.165, 1.54) is 6.42 Å². The fraction of sp³-hybridized carbons (Fsp3) is 0.435. The van der Waals surface area contributed by atoms with Crippen molar-refractivity contribution in [2.24, 2.45) is 0 Å². The highest BCUT2D eigenvalue weighted by Crippen LogP contribution is 2.24. The number of likely N-dealkylation sites (tertiary alicyclic amines) is 1. The number of carbonyl (C=O) groups is 1. The van der Waals surface area contributed by atoms with E-state index in [2.05, 4.69) is 28.0 Å². The fourth-order valence-electron chi connectivity index (χ4n) is 4.17. The molecule has 0 saturated carbocycles. The molecule has 0 N–H and O–H groups in total. The van der Waals surface area contributed by atoms with Gasteiger partial charge < -0.3 is 9.64 Å². The molecule has 0 spiro atoms. The molecule has 0 radical (unpaired) electrons. The number of piperidine rings is 1. The Morgan fingerprint density at radius 1 is 0.926 bits per heavy atom. The van der Waals surface area contributed by atoms with Crippen molar-refractivity contribution >= 4 is 5.91 Å². The van der Waals surface area contributed by atoms with Crippen LogP contribution in [-0.4, -0.2) is 61.1 Å². The SMILES string of the molecule is O=C(c1cccc(-c2ccccc2)c1)N1CCCCC1CN1CCOCC1. The minimum Gasteiger partial charge on any atom is -0.379 e. The first kappa shape index (κ1) is 18.2. The number of benzene rings is 2. The van der Waals surface area contributed by atoms with Crippen LogP contribution >= 0.6 is 0 Å². The monoisotopic (exact) mass is 364 g/mol. The zero-order valence-electron chi connectivity index (χ0n) is 15.8. The molecule has 2 aromatic carbocycles. The smallest absolute Gasteiger partial charge is 0.254 e. The summed E-state index contributed by atoms with van der Waals surface area (Å²) in [6.45, 7) is 5.39. The lowest BCUT2D eigenvalue weighted by Crippen LogP contribution is -2.51. The van der Waals surface area contributed by atoms with Crippen LogP contribution < -0.4 is 0 Å². The average Bonchev–Trinajstić information content (AvgIpc) is 2.75. The lowest BCUT2D eigenvalue weighted by molar-refractivity contribution is 0.0166. The van der Waals surface area contributed by atoms with Crippen LogP contribution in [0.1, 0.15) is 29.6 Å². The summed E-state index contributed by atoms with van der Waals surface area (Å²) < 4.78 is 5.47. The van der Waals surface area contributed by atoms with Gasteiger partial charge >= 0.3 is 0 Å². The first-order valence-electron chi connectivity index (χ1n) is 10.1. The third-order valence-electron chi connectivity index (χ3n) is 5.68. The Morgan fingerprint density at radius 2 is 1.70 bits per heavy atom. The summed E-state index contributed by atoms with van der Waals surface area (Å²) in [4.78, 5) is 17.9. The molecular weight excluding hydrogens is 336 g/mol. The van der Waals surface area contributed by atoms with Crippen LogP contribution in [0.15, 0.2) is 54.6 Å². The van der Waals surface area contributed by atoms with E-state index in [0.29, 0.717) is 6.04 Å². The molecule has 2 saturated heterocycles. The van der Waals surface area contributed by atoms with E-state index in [1.807, 2.05) is 36.4 Å². The summed E-state index contributed by atoms with van der Waals surface area (Å²) in [7, 11) is 0. The lowest BCUT2D eigenvalue weighted by atomic mass is 9.98. The van der Waals surface area contributed by atoms with Crippen LogP contribution in [0.25, 0.3) is 11.1 Å². The fourth-order valence-corrected chi connectivity index (χ4v) is 4.17. The van der Waals surface area contributed by atoms with E-state index in [4.69, 9.17) is 4.74 Å². The molecule has 2 aromatic rings. The van der Waals surface area contributed by atoms with Crippen molar-refractivity contribution in [1.82, 2.24) is 9.80 Å². The molecule has 1 amide bonds. The van der Waals surface area contributed by atoms with E-state index < -0.39 is 0 Å². The second kappa shape index (κ2) is 8.68. The molecule has 2 fully saturated rings. The third-order valence-corrected chi connectivity index (χ3v) is 5.68. The van der Waals surface area contributed by atoms with E-state index in [9.17, 15) is 4.79 Å². The summed E-state index contributed by atoms with van der Waals surface area (Å²) in [6.07, 6.45) is 3.41. The largest absolute Gasteiger partial charge is 0.379 e. The van der Waals surface area contributed by atoms with E-state index in [0.717, 1.165) is 68.9 Å². The number of rotatable bonds is 4. The number of hydrogen-bond donors (Lipinski definition) is 0. The van der Waals surface area contributed by atoms with Crippen molar-refractivity contribution in [1.29, 1.82) is 0 Å². The number of ether oxygens (including phenoxy) is 1. The minimum absolute atomic E-state index is 0.172. The summed E-state index contributed by atoms with van der Waals surface area (Å²) >= 11 is 0. The summed E-state index contributed by atoms with van der Waals surface area (Å²) in [5.74, 6) is 0.172. The predicted molar refractivity (Wildman–Crippen MR) is 108 cm³/mol. The van der Waals surface area contributed by atoms with Gasteiger partial charge in [0.2, 0.25) is 0 Å².